The number of urea groups is 1. The summed E-state index contributed by atoms with van der Waals surface area (Å²) >= 11 is 0. The molecule has 0 aliphatic heterocycles. The number of carbonyl (C=O) groups excluding carboxylic acids is 1. The van der Waals surface area contributed by atoms with Gasteiger partial charge in [0.05, 0.1) is 11.7 Å². The third-order valence-corrected chi connectivity index (χ3v) is 2.29. The Bertz CT molecular complexity index is 330. The van der Waals surface area contributed by atoms with Crippen LogP contribution in [0, 0.1) is 0 Å². The lowest BCUT2D eigenvalue weighted by atomic mass is 10.2. The Hall–Kier alpha value is -1.62. The molecule has 0 bridgehead atoms. The zero-order valence-corrected chi connectivity index (χ0v) is 10.3. The van der Waals surface area contributed by atoms with Crippen LogP contribution >= 0.6 is 0 Å². The summed E-state index contributed by atoms with van der Waals surface area (Å²) < 4.78 is 4.89. The second-order valence-corrected chi connectivity index (χ2v) is 3.72. The van der Waals surface area contributed by atoms with E-state index in [0.29, 0.717) is 13.2 Å². The summed E-state index contributed by atoms with van der Waals surface area (Å²) in [5, 5.41) is 5.58. The summed E-state index contributed by atoms with van der Waals surface area (Å²) in [5.74, 6) is 0. The molecule has 1 aromatic rings. The van der Waals surface area contributed by atoms with Crippen LogP contribution in [0.4, 0.5) is 4.79 Å². The molecule has 1 heterocycles. The highest BCUT2D eigenvalue weighted by Crippen LogP contribution is 2.06. The summed E-state index contributed by atoms with van der Waals surface area (Å²) in [7, 11) is 1.64. The zero-order chi connectivity index (χ0) is 12.5. The molecular weight excluding hydrogens is 218 g/mol. The molecule has 1 rings (SSSR count). The number of nitrogens with zero attached hydrogens (tertiary/aromatic N) is 1. The van der Waals surface area contributed by atoms with E-state index in [-0.39, 0.29) is 12.1 Å². The SMILES string of the molecule is COCCCNC(=O)NC(C)c1ccccn1. The van der Waals surface area contributed by atoms with Crippen LogP contribution in [0.2, 0.25) is 0 Å². The van der Waals surface area contributed by atoms with Gasteiger partial charge in [0.15, 0.2) is 0 Å². The molecule has 0 aliphatic carbocycles. The van der Waals surface area contributed by atoms with Gasteiger partial charge in [-0.15, -0.1) is 0 Å². The van der Waals surface area contributed by atoms with Crippen LogP contribution in [0.3, 0.4) is 0 Å². The first kappa shape index (κ1) is 13.4. The topological polar surface area (TPSA) is 63.2 Å². The minimum atomic E-state index is -0.181. The highest BCUT2D eigenvalue weighted by atomic mass is 16.5. The number of hydrogen-bond donors (Lipinski definition) is 2. The number of aromatic nitrogens is 1. The molecule has 0 fully saturated rings. The Morgan fingerprint density at radius 1 is 1.53 bits per heavy atom. The smallest absolute Gasteiger partial charge is 0.315 e. The van der Waals surface area contributed by atoms with E-state index in [1.165, 1.54) is 0 Å². The second-order valence-electron chi connectivity index (χ2n) is 3.72. The minimum absolute atomic E-state index is 0.0985. The predicted octanol–water partition coefficient (Wildman–Crippen LogP) is 1.48. The Morgan fingerprint density at radius 2 is 2.35 bits per heavy atom. The van der Waals surface area contributed by atoms with Gasteiger partial charge >= 0.3 is 6.03 Å². The van der Waals surface area contributed by atoms with Gasteiger partial charge in [-0.05, 0) is 25.5 Å². The minimum Gasteiger partial charge on any atom is -0.385 e. The average Bonchev–Trinajstić information content (AvgIpc) is 2.36. The fraction of sp³-hybridized carbons (Fsp3) is 0.500. The van der Waals surface area contributed by atoms with Crippen LogP contribution in [-0.2, 0) is 4.74 Å². The highest BCUT2D eigenvalue weighted by molar-refractivity contribution is 5.74. The molecule has 1 atom stereocenters. The van der Waals surface area contributed by atoms with Crippen molar-refractivity contribution in [3.63, 3.8) is 0 Å². The quantitative estimate of drug-likeness (QED) is 0.737. The van der Waals surface area contributed by atoms with E-state index < -0.39 is 0 Å². The Morgan fingerprint density at radius 3 is 3.00 bits per heavy atom. The molecule has 0 radical (unpaired) electrons. The van der Waals surface area contributed by atoms with Crippen molar-refractivity contribution in [2.45, 2.75) is 19.4 Å². The standard InChI is InChI=1S/C12H19N3O2/c1-10(11-6-3-4-7-13-11)15-12(16)14-8-5-9-17-2/h3-4,6-7,10H,5,8-9H2,1-2H3,(H2,14,15,16). The maximum Gasteiger partial charge on any atom is 0.315 e. The first-order valence-electron chi connectivity index (χ1n) is 5.68. The summed E-state index contributed by atoms with van der Waals surface area (Å²) in [4.78, 5) is 15.7. The van der Waals surface area contributed by atoms with Crippen molar-refractivity contribution >= 4 is 6.03 Å². The molecule has 5 heteroatoms. The third kappa shape index (κ3) is 5.31. The number of ether oxygens (including phenoxy) is 1. The van der Waals surface area contributed by atoms with Crippen molar-refractivity contribution < 1.29 is 9.53 Å². The maximum absolute atomic E-state index is 11.5. The Balaban J connectivity index is 2.26. The second kappa shape index (κ2) is 7.62. The number of hydrogen-bond acceptors (Lipinski definition) is 3. The maximum atomic E-state index is 11.5. The molecule has 1 unspecified atom stereocenters. The van der Waals surface area contributed by atoms with E-state index in [9.17, 15) is 4.79 Å². The number of carbonyl (C=O) groups is 1. The van der Waals surface area contributed by atoms with Crippen molar-refractivity contribution in [2.24, 2.45) is 0 Å². The normalized spacial score (nSPS) is 11.9. The first-order valence-corrected chi connectivity index (χ1v) is 5.68. The molecule has 0 saturated heterocycles. The van der Waals surface area contributed by atoms with Gasteiger partial charge < -0.3 is 15.4 Å². The first-order chi connectivity index (χ1) is 8.24. The fourth-order valence-electron chi connectivity index (χ4n) is 1.37. The third-order valence-electron chi connectivity index (χ3n) is 2.29. The van der Waals surface area contributed by atoms with Crippen molar-refractivity contribution in [1.29, 1.82) is 0 Å². The molecule has 0 aliphatic rings. The van der Waals surface area contributed by atoms with Crippen molar-refractivity contribution in [3.8, 4) is 0 Å². The van der Waals surface area contributed by atoms with Crippen LogP contribution < -0.4 is 10.6 Å². The molecule has 0 aromatic carbocycles. The van der Waals surface area contributed by atoms with Gasteiger partial charge in [-0.2, -0.15) is 0 Å². The van der Waals surface area contributed by atoms with Gasteiger partial charge in [0, 0.05) is 26.5 Å². The summed E-state index contributed by atoms with van der Waals surface area (Å²) in [6.45, 7) is 3.15. The van der Waals surface area contributed by atoms with Gasteiger partial charge in [-0.3, -0.25) is 4.98 Å². The summed E-state index contributed by atoms with van der Waals surface area (Å²) in [6.07, 6.45) is 2.52. The average molecular weight is 237 g/mol. The summed E-state index contributed by atoms with van der Waals surface area (Å²) in [6, 6.07) is 5.35. The molecule has 0 spiro atoms. The van der Waals surface area contributed by atoms with Crippen LogP contribution in [0.1, 0.15) is 25.1 Å². The lowest BCUT2D eigenvalue weighted by molar-refractivity contribution is 0.193. The zero-order valence-electron chi connectivity index (χ0n) is 10.3. The number of rotatable bonds is 6. The highest BCUT2D eigenvalue weighted by Gasteiger charge is 2.08. The molecule has 5 nitrogen and oxygen atoms in total. The van der Waals surface area contributed by atoms with Gasteiger partial charge in [0.2, 0.25) is 0 Å². The number of pyridine rings is 1. The molecule has 94 valence electrons. The van der Waals surface area contributed by atoms with Crippen LogP contribution in [0.15, 0.2) is 24.4 Å². The van der Waals surface area contributed by atoms with E-state index in [0.717, 1.165) is 12.1 Å². The molecule has 0 saturated carbocycles. The van der Waals surface area contributed by atoms with E-state index in [1.807, 2.05) is 25.1 Å². The van der Waals surface area contributed by atoms with E-state index in [2.05, 4.69) is 15.6 Å². The molecule has 1 aromatic heterocycles. The van der Waals surface area contributed by atoms with Gasteiger partial charge in [-0.25, -0.2) is 4.79 Å². The molecule has 2 amide bonds. The molecule has 2 N–H and O–H groups in total. The lowest BCUT2D eigenvalue weighted by Crippen LogP contribution is -2.37. The van der Waals surface area contributed by atoms with Crippen molar-refractivity contribution in [2.75, 3.05) is 20.3 Å². The Labute approximate surface area is 102 Å². The fourth-order valence-corrected chi connectivity index (χ4v) is 1.37. The monoisotopic (exact) mass is 237 g/mol. The predicted molar refractivity (Wildman–Crippen MR) is 65.7 cm³/mol. The number of nitrogens with one attached hydrogen (secondary N) is 2. The van der Waals surface area contributed by atoms with E-state index >= 15 is 0 Å². The van der Waals surface area contributed by atoms with Crippen molar-refractivity contribution in [1.82, 2.24) is 15.6 Å². The number of amides is 2. The Kier molecular flexibility index (Phi) is 6.03. The van der Waals surface area contributed by atoms with Gasteiger partial charge in [-0.1, -0.05) is 6.07 Å². The number of methoxy groups -OCH3 is 1. The molecular formula is C12H19N3O2. The van der Waals surface area contributed by atoms with E-state index in [1.54, 1.807) is 13.3 Å². The van der Waals surface area contributed by atoms with Gasteiger partial charge in [0.1, 0.15) is 0 Å². The van der Waals surface area contributed by atoms with Crippen LogP contribution in [0.5, 0.6) is 0 Å². The largest absolute Gasteiger partial charge is 0.385 e. The van der Waals surface area contributed by atoms with Crippen LogP contribution in [-0.4, -0.2) is 31.3 Å². The van der Waals surface area contributed by atoms with Gasteiger partial charge in [0.25, 0.3) is 0 Å². The van der Waals surface area contributed by atoms with Crippen LogP contribution in [0.25, 0.3) is 0 Å². The van der Waals surface area contributed by atoms with E-state index in [4.69, 9.17) is 4.74 Å². The van der Waals surface area contributed by atoms with Crippen molar-refractivity contribution in [3.05, 3.63) is 30.1 Å². The molecule has 17 heavy (non-hydrogen) atoms. The lowest BCUT2D eigenvalue weighted by Gasteiger charge is -2.13. The summed E-state index contributed by atoms with van der Waals surface area (Å²) in [5.41, 5.74) is 0.847.